The number of aldehydes is 1. The zero-order valence-corrected chi connectivity index (χ0v) is 18.9. The quantitative estimate of drug-likeness (QED) is 0.233. The molecule has 1 N–H and O–H groups in total. The van der Waals surface area contributed by atoms with E-state index < -0.39 is 5.97 Å². The van der Waals surface area contributed by atoms with Crippen LogP contribution in [0.2, 0.25) is 0 Å². The highest BCUT2D eigenvalue weighted by Crippen LogP contribution is 2.31. The number of carboxylic acid groups (broad SMARTS) is 1. The molecular weight excluding hydrogens is 504 g/mol. The van der Waals surface area contributed by atoms with Gasteiger partial charge in [0.1, 0.15) is 12.1 Å². The van der Waals surface area contributed by atoms with Gasteiger partial charge in [-0.25, -0.2) is 9.18 Å². The summed E-state index contributed by atoms with van der Waals surface area (Å²) < 4.78 is 13.9. The Bertz CT molecular complexity index is 1010. The highest BCUT2D eigenvalue weighted by atomic mass is 127. The van der Waals surface area contributed by atoms with Crippen molar-refractivity contribution in [1.82, 2.24) is 0 Å². The van der Waals surface area contributed by atoms with Crippen LogP contribution in [-0.4, -0.2) is 24.4 Å². The van der Waals surface area contributed by atoms with E-state index in [9.17, 15) is 19.1 Å². The molecule has 0 radical (unpaired) electrons. The summed E-state index contributed by atoms with van der Waals surface area (Å²) in [5, 5.41) is 12.4. The molecule has 0 spiro atoms. The smallest absolute Gasteiger partial charge is 0.333 e. The summed E-state index contributed by atoms with van der Waals surface area (Å²) in [5.41, 5.74) is 2.96. The third-order valence-electron chi connectivity index (χ3n) is 4.30. The first-order valence-electron chi connectivity index (χ1n) is 8.63. The van der Waals surface area contributed by atoms with E-state index >= 15 is 0 Å². The molecule has 0 aliphatic rings. The van der Waals surface area contributed by atoms with Gasteiger partial charge < -0.3 is 14.8 Å². The minimum atomic E-state index is -1.18. The standard InChI is InChI=1S/C22H19FINO3S/c1-15-7-8-16(13-20(15)23)14-25(2)21-6-4-3-5-18(21)17(10-12-29-24)19(9-11-26)22(27)28/h3-8,11,13H,9,14H2,1-2H3,(H,27,28)/b19-17+. The largest absolute Gasteiger partial charge is 0.478 e. The van der Waals surface area contributed by atoms with Crippen molar-refractivity contribution in [2.24, 2.45) is 0 Å². The second-order valence-corrected chi connectivity index (χ2v) is 7.97. The molecule has 0 unspecified atom stereocenters. The van der Waals surface area contributed by atoms with Crippen LogP contribution in [0, 0.1) is 23.9 Å². The maximum absolute atomic E-state index is 13.9. The molecule has 0 amide bonds. The molecule has 2 rings (SSSR count). The molecule has 0 aliphatic carbocycles. The summed E-state index contributed by atoms with van der Waals surface area (Å²) in [6, 6.07) is 12.3. The second kappa shape index (κ2) is 11.0. The lowest BCUT2D eigenvalue weighted by Crippen LogP contribution is -2.18. The van der Waals surface area contributed by atoms with Gasteiger partial charge in [-0.05, 0) is 44.4 Å². The Kier molecular flexibility index (Phi) is 8.73. The third kappa shape index (κ3) is 6.08. The van der Waals surface area contributed by atoms with Gasteiger partial charge in [0.25, 0.3) is 0 Å². The van der Waals surface area contributed by atoms with Crippen LogP contribution in [0.1, 0.15) is 23.1 Å². The molecule has 0 aliphatic heterocycles. The van der Waals surface area contributed by atoms with Crippen molar-refractivity contribution in [1.29, 1.82) is 0 Å². The number of carboxylic acids is 1. The van der Waals surface area contributed by atoms with E-state index in [1.165, 1.54) is 15.0 Å². The van der Waals surface area contributed by atoms with Gasteiger partial charge in [0, 0.05) is 58.0 Å². The summed E-state index contributed by atoms with van der Waals surface area (Å²) in [6.07, 6.45) is 0.316. The van der Waals surface area contributed by atoms with Gasteiger partial charge in [0.2, 0.25) is 0 Å². The first kappa shape index (κ1) is 23.0. The van der Waals surface area contributed by atoms with Crippen LogP contribution in [0.25, 0.3) is 5.57 Å². The zero-order valence-electron chi connectivity index (χ0n) is 15.9. The number of carbonyl (C=O) groups excluding carboxylic acids is 1. The van der Waals surface area contributed by atoms with E-state index in [1.807, 2.05) is 51.4 Å². The molecule has 150 valence electrons. The van der Waals surface area contributed by atoms with Gasteiger partial charge in [-0.1, -0.05) is 36.3 Å². The van der Waals surface area contributed by atoms with Gasteiger partial charge in [-0.15, -0.1) is 0 Å². The van der Waals surface area contributed by atoms with Gasteiger partial charge in [0.15, 0.2) is 0 Å². The topological polar surface area (TPSA) is 57.6 Å². The second-order valence-electron chi connectivity index (χ2n) is 6.29. The molecule has 0 bridgehead atoms. The molecule has 2 aromatic rings. The fraction of sp³-hybridized carbons (Fsp3) is 0.182. The first-order valence-corrected chi connectivity index (χ1v) is 12.0. The highest BCUT2D eigenvalue weighted by molar-refractivity contribution is 14.2. The Morgan fingerprint density at radius 1 is 1.31 bits per heavy atom. The Labute approximate surface area is 185 Å². The molecule has 7 heteroatoms. The maximum Gasteiger partial charge on any atom is 0.333 e. The predicted octanol–water partition coefficient (Wildman–Crippen LogP) is 5.24. The van der Waals surface area contributed by atoms with E-state index in [4.69, 9.17) is 0 Å². The average molecular weight is 523 g/mol. The van der Waals surface area contributed by atoms with E-state index in [0.717, 1.165) is 11.3 Å². The van der Waals surface area contributed by atoms with Crippen LogP contribution < -0.4 is 4.90 Å². The number of rotatable bonds is 7. The Morgan fingerprint density at radius 2 is 2.03 bits per heavy atom. The normalized spacial score (nSPS) is 11.2. The van der Waals surface area contributed by atoms with Crippen LogP contribution in [0.4, 0.5) is 10.1 Å². The molecule has 4 nitrogen and oxygen atoms in total. The number of hydrogen-bond acceptors (Lipinski definition) is 4. The summed E-state index contributed by atoms with van der Waals surface area (Å²) >= 11 is 2.00. The monoisotopic (exact) mass is 523 g/mol. The van der Waals surface area contributed by atoms with Gasteiger partial charge in [-0.2, -0.15) is 0 Å². The molecule has 0 heterocycles. The molecule has 0 saturated carbocycles. The number of aryl methyl sites for hydroxylation is 1. The van der Waals surface area contributed by atoms with Crippen LogP contribution in [0.3, 0.4) is 0 Å². The van der Waals surface area contributed by atoms with E-state index in [-0.39, 0.29) is 17.8 Å². The number of para-hydroxylation sites is 1. The fourth-order valence-corrected chi connectivity index (χ4v) is 3.34. The van der Waals surface area contributed by atoms with Crippen LogP contribution in [0.15, 0.2) is 48.0 Å². The minimum Gasteiger partial charge on any atom is -0.478 e. The molecule has 0 atom stereocenters. The van der Waals surface area contributed by atoms with Crippen LogP contribution in [-0.2, 0) is 16.1 Å². The van der Waals surface area contributed by atoms with Crippen molar-refractivity contribution in [3.05, 3.63) is 70.5 Å². The van der Waals surface area contributed by atoms with Crippen LogP contribution >= 0.6 is 30.1 Å². The number of halogens is 2. The summed E-state index contributed by atoms with van der Waals surface area (Å²) in [6.45, 7) is 2.13. The van der Waals surface area contributed by atoms with E-state index in [0.29, 0.717) is 29.5 Å². The van der Waals surface area contributed by atoms with Crippen molar-refractivity contribution in [3.63, 3.8) is 0 Å². The average Bonchev–Trinajstić information content (AvgIpc) is 2.70. The number of aliphatic carboxylic acids is 1. The minimum absolute atomic E-state index is 0.0554. The number of anilines is 1. The lowest BCUT2D eigenvalue weighted by molar-refractivity contribution is -0.133. The number of hydrogen-bond donors (Lipinski definition) is 1. The lowest BCUT2D eigenvalue weighted by Gasteiger charge is -2.23. The maximum atomic E-state index is 13.9. The molecule has 0 saturated heterocycles. The fourth-order valence-electron chi connectivity index (χ4n) is 2.87. The summed E-state index contributed by atoms with van der Waals surface area (Å²) in [5.74, 6) is 1.43. The Hall–Kier alpha value is -2.31. The number of allylic oxidation sites excluding steroid dienone is 1. The summed E-state index contributed by atoms with van der Waals surface area (Å²) in [7, 11) is 3.07. The van der Waals surface area contributed by atoms with Crippen molar-refractivity contribution in [2.75, 3.05) is 11.9 Å². The molecule has 0 aromatic heterocycles. The van der Waals surface area contributed by atoms with Gasteiger partial charge >= 0.3 is 5.97 Å². The van der Waals surface area contributed by atoms with Crippen molar-refractivity contribution < 1.29 is 19.1 Å². The van der Waals surface area contributed by atoms with Crippen molar-refractivity contribution in [3.8, 4) is 11.2 Å². The predicted molar refractivity (Wildman–Crippen MR) is 124 cm³/mol. The Balaban J connectivity index is 2.55. The lowest BCUT2D eigenvalue weighted by atomic mass is 9.96. The van der Waals surface area contributed by atoms with E-state index in [1.54, 1.807) is 25.1 Å². The molecule has 2 aromatic carbocycles. The summed E-state index contributed by atoms with van der Waals surface area (Å²) in [4.78, 5) is 24.7. The molecular formula is C22H19FINO3S. The van der Waals surface area contributed by atoms with Crippen LogP contribution in [0.5, 0.6) is 0 Å². The zero-order chi connectivity index (χ0) is 21.4. The van der Waals surface area contributed by atoms with Gasteiger partial charge in [-0.3, -0.25) is 0 Å². The third-order valence-corrected chi connectivity index (χ3v) is 5.14. The SMILES string of the molecule is Cc1ccc(CN(C)c2ccccc2/C(C#CSI)=C(\CC=O)C(=O)O)cc1F. The molecule has 29 heavy (non-hydrogen) atoms. The van der Waals surface area contributed by atoms with E-state index in [2.05, 4.69) is 11.2 Å². The highest BCUT2D eigenvalue weighted by Gasteiger charge is 2.18. The van der Waals surface area contributed by atoms with Gasteiger partial charge in [0.05, 0.1) is 5.57 Å². The van der Waals surface area contributed by atoms with Crippen molar-refractivity contribution >= 4 is 53.7 Å². The number of benzene rings is 2. The van der Waals surface area contributed by atoms with Crippen molar-refractivity contribution in [2.45, 2.75) is 19.9 Å². The number of carbonyl (C=O) groups is 2. The number of nitrogens with zero attached hydrogens (tertiary/aromatic N) is 1. The first-order chi connectivity index (χ1) is 13.9. The Morgan fingerprint density at radius 3 is 2.66 bits per heavy atom. The molecule has 0 fully saturated rings.